The summed E-state index contributed by atoms with van der Waals surface area (Å²) in [5.41, 5.74) is -1.46. The molecule has 0 unspecified atom stereocenters. The van der Waals surface area contributed by atoms with Gasteiger partial charge < -0.3 is 5.32 Å². The molecule has 1 aliphatic rings. The summed E-state index contributed by atoms with van der Waals surface area (Å²) in [4.78, 5) is -0.886. The van der Waals surface area contributed by atoms with E-state index in [2.05, 4.69) is 5.32 Å². The molecular formula is C15H21ClF4N2O2S. The van der Waals surface area contributed by atoms with Gasteiger partial charge in [-0.25, -0.2) is 12.8 Å². The fourth-order valence-corrected chi connectivity index (χ4v) is 4.86. The summed E-state index contributed by atoms with van der Waals surface area (Å²) in [5, 5.41) is 3.09. The van der Waals surface area contributed by atoms with Gasteiger partial charge in [-0.05, 0) is 50.6 Å². The fraction of sp³-hybridized carbons (Fsp3) is 0.600. The molecule has 1 heterocycles. The molecule has 2 rings (SSSR count). The first-order valence-corrected chi connectivity index (χ1v) is 9.21. The minimum atomic E-state index is -4.95. The van der Waals surface area contributed by atoms with Gasteiger partial charge >= 0.3 is 6.18 Å². The van der Waals surface area contributed by atoms with Crippen LogP contribution in [0.4, 0.5) is 17.6 Å². The lowest BCUT2D eigenvalue weighted by atomic mass is 10.1. The standard InChI is InChI=1S/C15H20F4N2O2S.ClH/c1-2-9-21(12-5-7-20-8-6-12)24(22,23)14-4-3-11(16)10-13(14)15(17,18)19;/h3-4,10,12,20H,2,5-9H2,1H3;1H. The maximum atomic E-state index is 13.3. The molecule has 1 N–H and O–H groups in total. The quantitative estimate of drug-likeness (QED) is 0.765. The average Bonchev–Trinajstić information content (AvgIpc) is 2.52. The van der Waals surface area contributed by atoms with Gasteiger partial charge in [-0.1, -0.05) is 6.92 Å². The Bertz CT molecular complexity index is 677. The molecule has 0 aliphatic carbocycles. The van der Waals surface area contributed by atoms with Crippen LogP contribution in [0.5, 0.6) is 0 Å². The largest absolute Gasteiger partial charge is 0.417 e. The summed E-state index contributed by atoms with van der Waals surface area (Å²) in [6, 6.07) is 1.33. The van der Waals surface area contributed by atoms with Gasteiger partial charge in [0.2, 0.25) is 10.0 Å². The Labute approximate surface area is 151 Å². The maximum Gasteiger partial charge on any atom is 0.417 e. The van der Waals surface area contributed by atoms with Gasteiger partial charge in [0.25, 0.3) is 0 Å². The van der Waals surface area contributed by atoms with E-state index in [4.69, 9.17) is 0 Å². The predicted molar refractivity (Wildman–Crippen MR) is 88.7 cm³/mol. The van der Waals surface area contributed by atoms with Gasteiger partial charge in [0.05, 0.1) is 10.5 Å². The molecule has 0 atom stereocenters. The molecule has 1 fully saturated rings. The maximum absolute atomic E-state index is 13.3. The third-order valence-electron chi connectivity index (χ3n) is 3.99. The predicted octanol–water partition coefficient (Wildman–Crippen LogP) is 3.42. The summed E-state index contributed by atoms with van der Waals surface area (Å²) < 4.78 is 79.7. The van der Waals surface area contributed by atoms with Crippen LogP contribution in [0, 0.1) is 5.82 Å². The van der Waals surface area contributed by atoms with E-state index in [1.54, 1.807) is 6.92 Å². The van der Waals surface area contributed by atoms with Crippen molar-refractivity contribution in [2.24, 2.45) is 0 Å². The zero-order valence-electron chi connectivity index (χ0n) is 13.6. The van der Waals surface area contributed by atoms with Gasteiger partial charge in [0, 0.05) is 12.6 Å². The first-order valence-electron chi connectivity index (χ1n) is 7.77. The van der Waals surface area contributed by atoms with E-state index in [-0.39, 0.29) is 31.1 Å². The summed E-state index contributed by atoms with van der Waals surface area (Å²) >= 11 is 0. The van der Waals surface area contributed by atoms with E-state index in [9.17, 15) is 26.0 Å². The van der Waals surface area contributed by atoms with Crippen LogP contribution in [0.3, 0.4) is 0 Å². The molecule has 0 aromatic heterocycles. The van der Waals surface area contributed by atoms with Crippen molar-refractivity contribution >= 4 is 22.4 Å². The number of alkyl halides is 3. The van der Waals surface area contributed by atoms with Crippen molar-refractivity contribution in [1.29, 1.82) is 0 Å². The fourth-order valence-electron chi connectivity index (χ4n) is 2.89. The summed E-state index contributed by atoms with van der Waals surface area (Å²) in [7, 11) is -4.37. The van der Waals surface area contributed by atoms with Crippen molar-refractivity contribution in [1.82, 2.24) is 9.62 Å². The van der Waals surface area contributed by atoms with Crippen molar-refractivity contribution in [3.63, 3.8) is 0 Å². The molecule has 0 saturated carbocycles. The first kappa shape index (κ1) is 22.1. The molecule has 1 aromatic rings. The normalized spacial score (nSPS) is 16.7. The summed E-state index contributed by atoms with van der Waals surface area (Å²) in [6.07, 6.45) is -3.41. The minimum absolute atomic E-state index is 0. The van der Waals surface area contributed by atoms with Gasteiger partial charge in [0.1, 0.15) is 5.82 Å². The Kier molecular flexibility index (Phi) is 7.67. The number of hydrogen-bond donors (Lipinski definition) is 1. The molecule has 25 heavy (non-hydrogen) atoms. The second-order valence-corrected chi connectivity index (χ2v) is 7.59. The highest BCUT2D eigenvalue weighted by Crippen LogP contribution is 2.36. The lowest BCUT2D eigenvalue weighted by molar-refractivity contribution is -0.140. The average molecular weight is 405 g/mol. The molecule has 0 radical (unpaired) electrons. The number of benzene rings is 1. The van der Waals surface area contributed by atoms with Gasteiger partial charge in [-0.3, -0.25) is 0 Å². The molecule has 0 amide bonds. The van der Waals surface area contributed by atoms with Gasteiger partial charge in [-0.15, -0.1) is 12.4 Å². The Morgan fingerprint density at radius 3 is 2.36 bits per heavy atom. The Morgan fingerprint density at radius 2 is 1.84 bits per heavy atom. The van der Waals surface area contributed by atoms with Crippen LogP contribution in [-0.2, 0) is 16.2 Å². The summed E-state index contributed by atoms with van der Waals surface area (Å²) in [5.74, 6) is -1.12. The van der Waals surface area contributed by atoms with Gasteiger partial charge in [-0.2, -0.15) is 17.5 Å². The molecule has 0 bridgehead atoms. The number of sulfonamides is 1. The number of piperidine rings is 1. The van der Waals surface area contributed by atoms with E-state index in [1.807, 2.05) is 0 Å². The molecular weight excluding hydrogens is 384 g/mol. The molecule has 4 nitrogen and oxygen atoms in total. The number of rotatable bonds is 5. The van der Waals surface area contributed by atoms with Crippen molar-refractivity contribution in [2.45, 2.75) is 43.3 Å². The SMILES string of the molecule is CCCN(C1CCNCC1)S(=O)(=O)c1ccc(F)cc1C(F)(F)F.Cl. The molecule has 0 spiro atoms. The van der Waals surface area contributed by atoms with Crippen LogP contribution < -0.4 is 5.32 Å². The van der Waals surface area contributed by atoms with E-state index < -0.39 is 32.5 Å². The third kappa shape index (κ3) is 5.06. The molecule has 1 aliphatic heterocycles. The second kappa shape index (κ2) is 8.66. The van der Waals surface area contributed by atoms with E-state index in [0.29, 0.717) is 38.4 Å². The topological polar surface area (TPSA) is 49.4 Å². The number of nitrogens with zero attached hydrogens (tertiary/aromatic N) is 1. The zero-order valence-corrected chi connectivity index (χ0v) is 15.3. The number of hydrogen-bond acceptors (Lipinski definition) is 3. The zero-order chi connectivity index (χ0) is 18.0. The van der Waals surface area contributed by atoms with Crippen LogP contribution in [-0.4, -0.2) is 38.4 Å². The second-order valence-electron chi connectivity index (χ2n) is 5.74. The minimum Gasteiger partial charge on any atom is -0.317 e. The monoisotopic (exact) mass is 404 g/mol. The van der Waals surface area contributed by atoms with Crippen LogP contribution >= 0.6 is 12.4 Å². The molecule has 144 valence electrons. The highest BCUT2D eigenvalue weighted by molar-refractivity contribution is 7.89. The van der Waals surface area contributed by atoms with Crippen molar-refractivity contribution in [3.8, 4) is 0 Å². The first-order chi connectivity index (χ1) is 11.2. The molecule has 10 heteroatoms. The number of halogens is 5. The van der Waals surface area contributed by atoms with Crippen LogP contribution in [0.2, 0.25) is 0 Å². The van der Waals surface area contributed by atoms with E-state index >= 15 is 0 Å². The smallest absolute Gasteiger partial charge is 0.317 e. The molecule has 1 saturated heterocycles. The Balaban J connectivity index is 0.00000312. The van der Waals surface area contributed by atoms with E-state index in [0.717, 1.165) is 10.4 Å². The van der Waals surface area contributed by atoms with Gasteiger partial charge in [0.15, 0.2) is 0 Å². The highest BCUT2D eigenvalue weighted by atomic mass is 35.5. The Morgan fingerprint density at radius 1 is 1.24 bits per heavy atom. The van der Waals surface area contributed by atoms with Crippen molar-refractivity contribution in [2.75, 3.05) is 19.6 Å². The van der Waals surface area contributed by atoms with Crippen molar-refractivity contribution < 1.29 is 26.0 Å². The van der Waals surface area contributed by atoms with Crippen LogP contribution in [0.1, 0.15) is 31.7 Å². The highest BCUT2D eigenvalue weighted by Gasteiger charge is 2.41. The van der Waals surface area contributed by atoms with Crippen molar-refractivity contribution in [3.05, 3.63) is 29.6 Å². The number of nitrogens with one attached hydrogen (secondary N) is 1. The lowest BCUT2D eigenvalue weighted by Gasteiger charge is -2.34. The third-order valence-corrected chi connectivity index (χ3v) is 6.00. The Hall–Kier alpha value is -0.900. The molecule has 1 aromatic carbocycles. The lowest BCUT2D eigenvalue weighted by Crippen LogP contribution is -2.46. The van der Waals surface area contributed by atoms with E-state index in [1.165, 1.54) is 0 Å². The van der Waals surface area contributed by atoms with Crippen LogP contribution in [0.15, 0.2) is 23.1 Å². The van der Waals surface area contributed by atoms with Crippen LogP contribution in [0.25, 0.3) is 0 Å². The summed E-state index contributed by atoms with van der Waals surface area (Å²) in [6.45, 7) is 3.10.